The molecule has 0 N–H and O–H groups in total. The van der Waals surface area contributed by atoms with E-state index in [2.05, 4.69) is 181 Å². The van der Waals surface area contributed by atoms with Crippen molar-refractivity contribution in [2.24, 2.45) is 5.10 Å². The van der Waals surface area contributed by atoms with E-state index in [1.165, 1.54) is 21.9 Å². The van der Waals surface area contributed by atoms with Gasteiger partial charge >= 0.3 is 0 Å². The summed E-state index contributed by atoms with van der Waals surface area (Å²) in [7, 11) is 0. The number of anilines is 3. The molecule has 44 heavy (non-hydrogen) atoms. The molecule has 0 aliphatic carbocycles. The highest BCUT2D eigenvalue weighted by atomic mass is 15.4. The zero-order chi connectivity index (χ0) is 29.9. The first kappa shape index (κ1) is 27.2. The normalized spacial score (nSPS) is 11.3. The molecule has 0 aliphatic rings. The molecule has 0 atom stereocenters. The van der Waals surface area contributed by atoms with Crippen LogP contribution in [0.4, 0.5) is 17.1 Å². The summed E-state index contributed by atoms with van der Waals surface area (Å²) >= 11 is 0. The standard InChI is InChI=1S/C41H33N3/c1-30-13-11-19-36(27-30)43(37-20-12-14-31(2)28-37)35-25-23-32(24-26-35)29-42-44-40(33-15-5-3-6-16-33)38-21-9-10-22-39(38)41(44)34-17-7-4-8-18-34/h3-29H,1-2H3. The lowest BCUT2D eigenvalue weighted by atomic mass is 10.0. The average Bonchev–Trinajstić information content (AvgIpc) is 3.39. The van der Waals surface area contributed by atoms with E-state index in [0.717, 1.165) is 45.1 Å². The molecule has 0 spiro atoms. The van der Waals surface area contributed by atoms with Crippen molar-refractivity contribution in [3.05, 3.63) is 174 Å². The molecular formula is C41H33N3. The minimum Gasteiger partial charge on any atom is -0.310 e. The molecule has 0 saturated heterocycles. The van der Waals surface area contributed by atoms with Crippen molar-refractivity contribution in [2.45, 2.75) is 13.8 Å². The smallest absolute Gasteiger partial charge is 0.0804 e. The zero-order valence-electron chi connectivity index (χ0n) is 24.9. The van der Waals surface area contributed by atoms with Crippen LogP contribution in [0.1, 0.15) is 16.7 Å². The van der Waals surface area contributed by atoms with Crippen molar-refractivity contribution < 1.29 is 0 Å². The van der Waals surface area contributed by atoms with Gasteiger partial charge in [0.25, 0.3) is 0 Å². The molecule has 3 nitrogen and oxygen atoms in total. The molecule has 1 heterocycles. The van der Waals surface area contributed by atoms with E-state index in [1.54, 1.807) is 0 Å². The van der Waals surface area contributed by atoms with Crippen LogP contribution in [0.25, 0.3) is 33.3 Å². The molecule has 0 radical (unpaired) electrons. The highest BCUT2D eigenvalue weighted by Gasteiger charge is 2.19. The van der Waals surface area contributed by atoms with Crippen molar-refractivity contribution in [3.8, 4) is 22.5 Å². The molecular weight excluding hydrogens is 534 g/mol. The Morgan fingerprint density at radius 2 is 0.955 bits per heavy atom. The maximum atomic E-state index is 5.16. The first-order chi connectivity index (χ1) is 21.7. The van der Waals surface area contributed by atoms with E-state index in [9.17, 15) is 0 Å². The third-order valence-electron chi connectivity index (χ3n) is 7.95. The van der Waals surface area contributed by atoms with Crippen LogP contribution in [0.15, 0.2) is 163 Å². The van der Waals surface area contributed by atoms with Crippen LogP contribution in [0, 0.1) is 13.8 Å². The Morgan fingerprint density at radius 1 is 0.477 bits per heavy atom. The molecule has 1 aromatic heterocycles. The summed E-state index contributed by atoms with van der Waals surface area (Å²) in [5.74, 6) is 0. The summed E-state index contributed by atoms with van der Waals surface area (Å²) in [6.07, 6.45) is 1.96. The van der Waals surface area contributed by atoms with Gasteiger partial charge < -0.3 is 4.90 Å². The number of aromatic nitrogens is 1. The Kier molecular flexibility index (Phi) is 7.35. The summed E-state index contributed by atoms with van der Waals surface area (Å²) in [5.41, 5.74) is 11.3. The Balaban J connectivity index is 1.33. The van der Waals surface area contributed by atoms with Gasteiger partial charge in [-0.05, 0) is 66.9 Å². The molecule has 7 aromatic rings. The predicted molar refractivity (Wildman–Crippen MR) is 186 cm³/mol. The van der Waals surface area contributed by atoms with Gasteiger partial charge in [-0.15, -0.1) is 0 Å². The van der Waals surface area contributed by atoms with Crippen LogP contribution in [0.2, 0.25) is 0 Å². The minimum absolute atomic E-state index is 1.03. The van der Waals surface area contributed by atoms with Crippen LogP contribution in [0.5, 0.6) is 0 Å². The van der Waals surface area contributed by atoms with Gasteiger partial charge in [0.1, 0.15) is 0 Å². The number of fused-ring (bicyclic) bond motifs is 1. The highest BCUT2D eigenvalue weighted by Crippen LogP contribution is 2.39. The molecule has 0 bridgehead atoms. The zero-order valence-corrected chi connectivity index (χ0v) is 24.9. The maximum absolute atomic E-state index is 5.16. The van der Waals surface area contributed by atoms with Gasteiger partial charge in [0.2, 0.25) is 0 Å². The second kappa shape index (κ2) is 11.9. The maximum Gasteiger partial charge on any atom is 0.0804 e. The van der Waals surface area contributed by atoms with Crippen LogP contribution in [-0.4, -0.2) is 10.9 Å². The molecule has 3 heteroatoms. The summed E-state index contributed by atoms with van der Waals surface area (Å²) in [4.78, 5) is 2.31. The highest BCUT2D eigenvalue weighted by molar-refractivity contribution is 6.05. The van der Waals surface area contributed by atoms with E-state index in [1.807, 2.05) is 6.21 Å². The number of rotatable bonds is 7. The van der Waals surface area contributed by atoms with Crippen molar-refractivity contribution >= 4 is 34.0 Å². The summed E-state index contributed by atoms with van der Waals surface area (Å²) in [6.45, 7) is 4.27. The van der Waals surface area contributed by atoms with Gasteiger partial charge in [-0.3, -0.25) is 0 Å². The van der Waals surface area contributed by atoms with Crippen LogP contribution < -0.4 is 4.90 Å². The first-order valence-corrected chi connectivity index (χ1v) is 15.0. The molecule has 0 saturated carbocycles. The molecule has 0 aliphatic heterocycles. The number of aryl methyl sites for hydroxylation is 2. The first-order valence-electron chi connectivity index (χ1n) is 15.0. The van der Waals surface area contributed by atoms with E-state index in [-0.39, 0.29) is 0 Å². The minimum atomic E-state index is 1.03. The molecule has 0 fully saturated rings. The van der Waals surface area contributed by atoms with E-state index >= 15 is 0 Å². The van der Waals surface area contributed by atoms with E-state index in [0.29, 0.717) is 0 Å². The second-order valence-electron chi connectivity index (χ2n) is 11.1. The lowest BCUT2D eigenvalue weighted by Crippen LogP contribution is -2.10. The molecule has 0 amide bonds. The van der Waals surface area contributed by atoms with E-state index < -0.39 is 0 Å². The average molecular weight is 568 g/mol. The summed E-state index contributed by atoms with van der Waals surface area (Å²) in [6, 6.07) is 55.6. The number of hydrogen-bond acceptors (Lipinski definition) is 2. The van der Waals surface area contributed by atoms with E-state index in [4.69, 9.17) is 5.10 Å². The van der Waals surface area contributed by atoms with Crippen molar-refractivity contribution in [3.63, 3.8) is 0 Å². The quantitative estimate of drug-likeness (QED) is 0.175. The lowest BCUT2D eigenvalue weighted by molar-refractivity contribution is 0.917. The largest absolute Gasteiger partial charge is 0.310 e. The van der Waals surface area contributed by atoms with Crippen molar-refractivity contribution in [2.75, 3.05) is 4.90 Å². The molecule has 7 rings (SSSR count). The van der Waals surface area contributed by atoms with Crippen LogP contribution in [0.3, 0.4) is 0 Å². The fourth-order valence-electron chi connectivity index (χ4n) is 5.91. The lowest BCUT2D eigenvalue weighted by Gasteiger charge is -2.26. The number of nitrogens with zero attached hydrogens (tertiary/aromatic N) is 3. The summed E-state index contributed by atoms with van der Waals surface area (Å²) in [5, 5.41) is 7.51. The molecule has 6 aromatic carbocycles. The third kappa shape index (κ3) is 5.32. The second-order valence-corrected chi connectivity index (χ2v) is 11.1. The Labute approximate surface area is 259 Å². The van der Waals surface area contributed by atoms with Crippen LogP contribution >= 0.6 is 0 Å². The van der Waals surface area contributed by atoms with Gasteiger partial charge in [0.15, 0.2) is 0 Å². The fraction of sp³-hybridized carbons (Fsp3) is 0.0488. The third-order valence-corrected chi connectivity index (χ3v) is 7.95. The number of benzene rings is 6. The number of hydrogen-bond donors (Lipinski definition) is 0. The van der Waals surface area contributed by atoms with Crippen LogP contribution in [-0.2, 0) is 0 Å². The van der Waals surface area contributed by atoms with Gasteiger partial charge in [-0.1, -0.05) is 121 Å². The SMILES string of the molecule is Cc1cccc(N(c2ccc(C=Nn3c(-c4ccccc4)c4ccccc4c3-c3ccccc3)cc2)c2cccc(C)c2)c1. The van der Waals surface area contributed by atoms with Crippen molar-refractivity contribution in [1.82, 2.24) is 4.68 Å². The van der Waals surface area contributed by atoms with Gasteiger partial charge in [-0.2, -0.15) is 5.10 Å². The molecule has 0 unspecified atom stereocenters. The fourth-order valence-corrected chi connectivity index (χ4v) is 5.91. The van der Waals surface area contributed by atoms with Gasteiger partial charge in [-0.25, -0.2) is 4.68 Å². The van der Waals surface area contributed by atoms with Gasteiger partial charge in [0, 0.05) is 39.0 Å². The molecule has 212 valence electrons. The predicted octanol–water partition coefficient (Wildman–Crippen LogP) is 10.9. The van der Waals surface area contributed by atoms with Gasteiger partial charge in [0.05, 0.1) is 17.6 Å². The monoisotopic (exact) mass is 567 g/mol. The Morgan fingerprint density at radius 3 is 1.43 bits per heavy atom. The summed E-state index contributed by atoms with van der Waals surface area (Å²) < 4.78 is 2.11. The topological polar surface area (TPSA) is 20.5 Å². The van der Waals surface area contributed by atoms with Crippen molar-refractivity contribution in [1.29, 1.82) is 0 Å². The Hall–Kier alpha value is -5.67. The Bertz CT molecular complexity index is 1950.